The SMILES string of the molecule is OCC1OC(Oc2cc(O)c3c(c2)[OH+]C(c2ccc(O)cc2)C=C3)C(O)C(O)C1O. The van der Waals surface area contributed by atoms with Crippen LogP contribution in [0.2, 0.25) is 0 Å². The summed E-state index contributed by atoms with van der Waals surface area (Å²) in [6, 6.07) is 9.48. The first-order valence-corrected chi connectivity index (χ1v) is 9.39. The molecule has 1 saturated heterocycles. The Labute approximate surface area is 171 Å². The van der Waals surface area contributed by atoms with Crippen molar-refractivity contribution in [3.63, 3.8) is 0 Å². The number of aliphatic hydroxyl groups is 5. The van der Waals surface area contributed by atoms with Gasteiger partial charge in [-0.05, 0) is 30.3 Å². The molecule has 30 heavy (non-hydrogen) atoms. The zero-order chi connectivity index (χ0) is 21.4. The van der Waals surface area contributed by atoms with Crippen LogP contribution in [0.5, 0.6) is 23.0 Å². The Hall–Kier alpha value is -2.82. The van der Waals surface area contributed by atoms with Gasteiger partial charge in [-0.1, -0.05) is 0 Å². The molecule has 2 aromatic rings. The zero-order valence-electron chi connectivity index (χ0n) is 15.7. The number of hydrogen-bond donors (Lipinski definition) is 6. The van der Waals surface area contributed by atoms with Gasteiger partial charge in [0.1, 0.15) is 47.2 Å². The van der Waals surface area contributed by atoms with Gasteiger partial charge in [-0.3, -0.25) is 0 Å². The molecule has 9 heteroatoms. The van der Waals surface area contributed by atoms with E-state index in [1.807, 2.05) is 6.08 Å². The van der Waals surface area contributed by atoms with E-state index in [1.165, 1.54) is 6.07 Å². The Morgan fingerprint density at radius 1 is 0.967 bits per heavy atom. The number of phenolic OH excluding ortho intramolecular Hbond substituents is 2. The molecule has 0 aliphatic carbocycles. The van der Waals surface area contributed by atoms with Crippen LogP contribution in [0.4, 0.5) is 0 Å². The average Bonchev–Trinajstić information content (AvgIpc) is 2.74. The lowest BCUT2D eigenvalue weighted by Crippen LogP contribution is -2.60. The highest BCUT2D eigenvalue weighted by molar-refractivity contribution is 5.68. The van der Waals surface area contributed by atoms with Gasteiger partial charge in [-0.15, -0.1) is 0 Å². The highest BCUT2D eigenvalue weighted by Crippen LogP contribution is 2.42. The molecule has 0 saturated carbocycles. The van der Waals surface area contributed by atoms with Crippen molar-refractivity contribution in [1.82, 2.24) is 0 Å². The van der Waals surface area contributed by atoms with Crippen LogP contribution in [-0.4, -0.2) is 72.7 Å². The normalized spacial score (nSPS) is 30.4. The first-order valence-electron chi connectivity index (χ1n) is 9.39. The maximum Gasteiger partial charge on any atom is 0.270 e. The number of aliphatic hydroxyl groups excluding tert-OH is 4. The molecule has 0 aromatic heterocycles. The van der Waals surface area contributed by atoms with Crippen molar-refractivity contribution in [2.75, 3.05) is 6.61 Å². The molecule has 6 atom stereocenters. The molecule has 2 aromatic carbocycles. The van der Waals surface area contributed by atoms with E-state index in [4.69, 9.17) is 9.47 Å². The van der Waals surface area contributed by atoms with E-state index >= 15 is 0 Å². The van der Waals surface area contributed by atoms with Crippen LogP contribution < -0.4 is 4.74 Å². The maximum atomic E-state index is 10.4. The predicted molar refractivity (Wildman–Crippen MR) is 104 cm³/mol. The second-order valence-electron chi connectivity index (χ2n) is 7.21. The van der Waals surface area contributed by atoms with Gasteiger partial charge >= 0.3 is 0 Å². The Morgan fingerprint density at radius 2 is 1.70 bits per heavy atom. The second-order valence-corrected chi connectivity index (χ2v) is 7.21. The minimum Gasteiger partial charge on any atom is -0.574 e. The molecule has 160 valence electrons. The number of benzene rings is 2. The fourth-order valence-corrected chi connectivity index (χ4v) is 3.48. The standard InChI is InChI=1S/C21H22O9/c22-9-17-18(25)19(26)20(27)21(30-17)28-12-7-14(24)13-5-6-15(29-16(13)8-12)10-1-3-11(23)4-2-10/h1-8,15,17-27H,9H2/p+1. The molecule has 0 radical (unpaired) electrons. The molecule has 0 amide bonds. The lowest BCUT2D eigenvalue weighted by molar-refractivity contribution is -0.277. The van der Waals surface area contributed by atoms with Gasteiger partial charge in [0.2, 0.25) is 12.4 Å². The fraction of sp³-hybridized carbons (Fsp3) is 0.333. The minimum atomic E-state index is -1.57. The van der Waals surface area contributed by atoms with Crippen LogP contribution in [0.3, 0.4) is 0 Å². The van der Waals surface area contributed by atoms with Gasteiger partial charge < -0.3 is 44.8 Å². The quantitative estimate of drug-likeness (QED) is 0.387. The lowest BCUT2D eigenvalue weighted by atomic mass is 9.99. The molecule has 2 heterocycles. The summed E-state index contributed by atoms with van der Waals surface area (Å²) < 4.78 is 15.5. The van der Waals surface area contributed by atoms with Crippen molar-refractivity contribution < 1.29 is 44.8 Å². The molecule has 4 rings (SSSR count). The fourth-order valence-electron chi connectivity index (χ4n) is 3.48. The zero-order valence-corrected chi connectivity index (χ0v) is 15.7. The van der Waals surface area contributed by atoms with Gasteiger partial charge in [0.25, 0.3) is 5.75 Å². The van der Waals surface area contributed by atoms with Gasteiger partial charge in [-0.2, -0.15) is 0 Å². The molecule has 0 bridgehead atoms. The summed E-state index contributed by atoms with van der Waals surface area (Å²) >= 11 is 0. The van der Waals surface area contributed by atoms with Crippen LogP contribution >= 0.6 is 0 Å². The molecule has 9 nitrogen and oxygen atoms in total. The third kappa shape index (κ3) is 3.81. The van der Waals surface area contributed by atoms with Crippen molar-refractivity contribution in [2.24, 2.45) is 0 Å². The number of hydrogen-bond acceptors (Lipinski definition) is 8. The van der Waals surface area contributed by atoms with E-state index in [-0.39, 0.29) is 23.4 Å². The van der Waals surface area contributed by atoms with E-state index in [9.17, 15) is 30.6 Å². The van der Waals surface area contributed by atoms with Gasteiger partial charge in [0.05, 0.1) is 12.7 Å². The number of aromatic hydroxyl groups is 3. The smallest absolute Gasteiger partial charge is 0.270 e. The summed E-state index contributed by atoms with van der Waals surface area (Å²) in [5.74, 6) is 0.609. The summed E-state index contributed by atoms with van der Waals surface area (Å²) in [5.41, 5.74) is 1.33. The summed E-state index contributed by atoms with van der Waals surface area (Å²) in [7, 11) is 0. The molecule has 1 fully saturated rings. The Bertz CT molecular complexity index is 925. The van der Waals surface area contributed by atoms with Crippen molar-refractivity contribution in [1.29, 1.82) is 0 Å². The monoisotopic (exact) mass is 419 g/mol. The van der Waals surface area contributed by atoms with E-state index in [0.29, 0.717) is 11.3 Å². The molecule has 2 aliphatic rings. The summed E-state index contributed by atoms with van der Waals surface area (Å²) in [6.45, 7) is -0.575. The molecule has 2 aliphatic heterocycles. The number of phenols is 2. The van der Waals surface area contributed by atoms with Crippen LogP contribution in [-0.2, 0) is 4.74 Å². The number of ether oxygens (including phenoxy) is 3. The Morgan fingerprint density at radius 3 is 2.40 bits per heavy atom. The molecule has 6 unspecified atom stereocenters. The van der Waals surface area contributed by atoms with Crippen molar-refractivity contribution in [2.45, 2.75) is 36.8 Å². The summed E-state index contributed by atoms with van der Waals surface area (Å²) in [6.07, 6.45) is -3.90. The Kier molecular flexibility index (Phi) is 5.54. The Balaban J connectivity index is 1.56. The van der Waals surface area contributed by atoms with E-state index in [1.54, 1.807) is 36.4 Å². The first-order chi connectivity index (χ1) is 14.4. The molecule has 7 N–H and O–H groups in total. The van der Waals surface area contributed by atoms with E-state index in [2.05, 4.69) is 4.74 Å². The van der Waals surface area contributed by atoms with E-state index < -0.39 is 37.3 Å². The summed E-state index contributed by atoms with van der Waals surface area (Å²) in [5, 5.41) is 59.0. The second kappa shape index (κ2) is 8.13. The number of rotatable bonds is 4. The van der Waals surface area contributed by atoms with Crippen molar-refractivity contribution in [3.8, 4) is 23.0 Å². The topological polar surface area (TPSA) is 153 Å². The van der Waals surface area contributed by atoms with Crippen LogP contribution in [0.15, 0.2) is 42.5 Å². The van der Waals surface area contributed by atoms with Crippen LogP contribution in [0.25, 0.3) is 6.08 Å². The van der Waals surface area contributed by atoms with Crippen LogP contribution in [0.1, 0.15) is 17.2 Å². The molecule has 0 spiro atoms. The largest absolute Gasteiger partial charge is 0.574 e. The first kappa shape index (κ1) is 20.5. The maximum absolute atomic E-state index is 10.4. The highest BCUT2D eigenvalue weighted by atomic mass is 16.7. The van der Waals surface area contributed by atoms with Crippen LogP contribution in [0, 0.1) is 0 Å². The third-order valence-electron chi connectivity index (χ3n) is 5.17. The van der Waals surface area contributed by atoms with Gasteiger partial charge in [-0.25, -0.2) is 0 Å². The van der Waals surface area contributed by atoms with E-state index in [0.717, 1.165) is 5.56 Å². The molecular weight excluding hydrogens is 396 g/mol. The predicted octanol–water partition coefficient (Wildman–Crippen LogP) is 0.286. The third-order valence-corrected chi connectivity index (χ3v) is 5.17. The lowest BCUT2D eigenvalue weighted by Gasteiger charge is -2.39. The summed E-state index contributed by atoms with van der Waals surface area (Å²) in [4.78, 5) is 0. The van der Waals surface area contributed by atoms with Gasteiger partial charge in [0, 0.05) is 17.7 Å². The molecular formula is C21H23O9+. The highest BCUT2D eigenvalue weighted by Gasteiger charge is 2.45. The minimum absolute atomic E-state index is 0.101. The van der Waals surface area contributed by atoms with Gasteiger partial charge in [0.15, 0.2) is 0 Å². The number of fused-ring (bicyclic) bond motifs is 1. The average molecular weight is 419 g/mol. The van der Waals surface area contributed by atoms with Crippen molar-refractivity contribution >= 4 is 6.08 Å². The van der Waals surface area contributed by atoms with Crippen molar-refractivity contribution in [3.05, 3.63) is 53.6 Å².